The molecule has 0 saturated heterocycles. The zero-order chi connectivity index (χ0) is 10.9. The molecule has 0 aliphatic heterocycles. The summed E-state index contributed by atoms with van der Waals surface area (Å²) in [6.07, 6.45) is 2.74. The third-order valence-corrected chi connectivity index (χ3v) is 2.68. The van der Waals surface area contributed by atoms with Crippen LogP contribution in [0.25, 0.3) is 0 Å². The van der Waals surface area contributed by atoms with Crippen LogP contribution < -0.4 is 4.74 Å². The molecule has 0 amide bonds. The Morgan fingerprint density at radius 1 is 1.33 bits per heavy atom. The van der Waals surface area contributed by atoms with Crippen molar-refractivity contribution in [3.8, 4) is 5.75 Å². The standard InChI is InChI=1S/C13H18O2/c1-10(2)15-12-6-4-3-5-11(12)9-13(14)7-8-13/h3-6,10,14H,7-9H2,1-2H3. The molecule has 0 unspecified atom stereocenters. The van der Waals surface area contributed by atoms with Crippen LogP contribution in [-0.4, -0.2) is 16.8 Å². The van der Waals surface area contributed by atoms with Gasteiger partial charge in [-0.15, -0.1) is 0 Å². The Bertz CT molecular complexity index is 340. The summed E-state index contributed by atoms with van der Waals surface area (Å²) in [4.78, 5) is 0. The van der Waals surface area contributed by atoms with Crippen molar-refractivity contribution in [2.24, 2.45) is 0 Å². The molecule has 0 radical (unpaired) electrons. The quantitative estimate of drug-likeness (QED) is 0.820. The third kappa shape index (κ3) is 2.72. The number of rotatable bonds is 4. The first-order chi connectivity index (χ1) is 7.09. The lowest BCUT2D eigenvalue weighted by molar-refractivity contribution is 0.148. The van der Waals surface area contributed by atoms with Gasteiger partial charge in [0, 0.05) is 6.42 Å². The SMILES string of the molecule is CC(C)Oc1ccccc1CC1(O)CC1. The van der Waals surface area contributed by atoms with Crippen molar-refractivity contribution < 1.29 is 9.84 Å². The zero-order valence-corrected chi connectivity index (χ0v) is 9.36. The molecule has 2 heteroatoms. The number of para-hydroxylation sites is 1. The van der Waals surface area contributed by atoms with E-state index in [9.17, 15) is 5.11 Å². The van der Waals surface area contributed by atoms with Crippen LogP contribution in [0, 0.1) is 0 Å². The van der Waals surface area contributed by atoms with E-state index < -0.39 is 5.60 Å². The van der Waals surface area contributed by atoms with Crippen molar-refractivity contribution in [3.63, 3.8) is 0 Å². The van der Waals surface area contributed by atoms with E-state index in [2.05, 4.69) is 0 Å². The predicted molar refractivity (Wildman–Crippen MR) is 60.1 cm³/mol. The van der Waals surface area contributed by atoms with Gasteiger partial charge in [0.15, 0.2) is 0 Å². The fourth-order valence-corrected chi connectivity index (χ4v) is 1.69. The lowest BCUT2D eigenvalue weighted by atomic mass is 10.1. The molecule has 1 aromatic rings. The first kappa shape index (κ1) is 10.5. The summed E-state index contributed by atoms with van der Waals surface area (Å²) in [7, 11) is 0. The molecule has 0 aromatic heterocycles. The van der Waals surface area contributed by atoms with Gasteiger partial charge in [-0.05, 0) is 38.3 Å². The Morgan fingerprint density at radius 2 is 2.00 bits per heavy atom. The number of hydrogen-bond acceptors (Lipinski definition) is 2. The first-order valence-corrected chi connectivity index (χ1v) is 5.56. The maximum Gasteiger partial charge on any atom is 0.122 e. The lowest BCUT2D eigenvalue weighted by Gasteiger charge is -2.15. The van der Waals surface area contributed by atoms with E-state index in [1.54, 1.807) is 0 Å². The summed E-state index contributed by atoms with van der Waals surface area (Å²) >= 11 is 0. The summed E-state index contributed by atoms with van der Waals surface area (Å²) in [5.41, 5.74) is 0.669. The van der Waals surface area contributed by atoms with Crippen molar-refractivity contribution in [1.82, 2.24) is 0 Å². The van der Waals surface area contributed by atoms with Gasteiger partial charge in [0.05, 0.1) is 11.7 Å². The largest absolute Gasteiger partial charge is 0.491 e. The highest BCUT2D eigenvalue weighted by atomic mass is 16.5. The molecule has 82 valence electrons. The highest BCUT2D eigenvalue weighted by molar-refractivity contribution is 5.35. The van der Waals surface area contributed by atoms with Gasteiger partial charge in [0.2, 0.25) is 0 Å². The maximum absolute atomic E-state index is 9.89. The Hall–Kier alpha value is -1.02. The van der Waals surface area contributed by atoms with Crippen LogP contribution in [0.3, 0.4) is 0 Å². The van der Waals surface area contributed by atoms with E-state index in [1.165, 1.54) is 0 Å². The highest BCUT2D eigenvalue weighted by Gasteiger charge is 2.40. The van der Waals surface area contributed by atoms with Gasteiger partial charge in [-0.25, -0.2) is 0 Å². The smallest absolute Gasteiger partial charge is 0.122 e. The molecule has 1 fully saturated rings. The maximum atomic E-state index is 9.89. The van der Waals surface area contributed by atoms with E-state index in [4.69, 9.17) is 4.74 Å². The second-order valence-corrected chi connectivity index (χ2v) is 4.68. The van der Waals surface area contributed by atoms with Gasteiger partial charge in [-0.3, -0.25) is 0 Å². The van der Waals surface area contributed by atoms with Gasteiger partial charge < -0.3 is 9.84 Å². The number of benzene rings is 1. The average Bonchev–Trinajstić information content (AvgIpc) is 2.86. The lowest BCUT2D eigenvalue weighted by Crippen LogP contribution is -2.13. The summed E-state index contributed by atoms with van der Waals surface area (Å²) in [6, 6.07) is 7.97. The first-order valence-electron chi connectivity index (χ1n) is 5.56. The minimum absolute atomic E-state index is 0.181. The topological polar surface area (TPSA) is 29.5 Å². The van der Waals surface area contributed by atoms with Crippen LogP contribution in [-0.2, 0) is 6.42 Å². The van der Waals surface area contributed by atoms with Crippen molar-refractivity contribution in [3.05, 3.63) is 29.8 Å². The molecule has 1 aliphatic rings. The zero-order valence-electron chi connectivity index (χ0n) is 9.36. The number of hydrogen-bond donors (Lipinski definition) is 1. The van der Waals surface area contributed by atoms with Gasteiger partial charge in [0.1, 0.15) is 5.75 Å². The van der Waals surface area contributed by atoms with Crippen LogP contribution in [0.15, 0.2) is 24.3 Å². The predicted octanol–water partition coefficient (Wildman–Crippen LogP) is 2.54. The normalized spacial score (nSPS) is 17.9. The average molecular weight is 206 g/mol. The van der Waals surface area contributed by atoms with Crippen LogP contribution in [0.5, 0.6) is 5.75 Å². The van der Waals surface area contributed by atoms with Crippen molar-refractivity contribution in [2.75, 3.05) is 0 Å². The number of ether oxygens (including phenoxy) is 1. The van der Waals surface area contributed by atoms with Crippen LogP contribution >= 0.6 is 0 Å². The fourth-order valence-electron chi connectivity index (χ4n) is 1.69. The summed E-state index contributed by atoms with van der Waals surface area (Å²) in [5.74, 6) is 0.910. The Morgan fingerprint density at radius 3 is 2.60 bits per heavy atom. The second kappa shape index (κ2) is 3.86. The van der Waals surface area contributed by atoms with Crippen molar-refractivity contribution >= 4 is 0 Å². The molecule has 0 atom stereocenters. The van der Waals surface area contributed by atoms with Gasteiger partial charge in [-0.2, -0.15) is 0 Å². The van der Waals surface area contributed by atoms with Crippen LogP contribution in [0.2, 0.25) is 0 Å². The van der Waals surface area contributed by atoms with Crippen LogP contribution in [0.1, 0.15) is 32.3 Å². The van der Waals surface area contributed by atoms with Gasteiger partial charge >= 0.3 is 0 Å². The molecular formula is C13H18O2. The van der Waals surface area contributed by atoms with E-state index in [0.29, 0.717) is 0 Å². The highest BCUT2D eigenvalue weighted by Crippen LogP contribution is 2.40. The van der Waals surface area contributed by atoms with E-state index in [-0.39, 0.29) is 6.10 Å². The van der Waals surface area contributed by atoms with Crippen molar-refractivity contribution in [1.29, 1.82) is 0 Å². The number of aliphatic hydroxyl groups is 1. The molecule has 0 heterocycles. The molecule has 1 aromatic carbocycles. The molecule has 15 heavy (non-hydrogen) atoms. The Balaban J connectivity index is 2.14. The monoisotopic (exact) mass is 206 g/mol. The molecular weight excluding hydrogens is 188 g/mol. The summed E-state index contributed by atoms with van der Waals surface area (Å²) in [6.45, 7) is 4.03. The molecule has 2 rings (SSSR count). The molecule has 1 saturated carbocycles. The van der Waals surface area contributed by atoms with Crippen LogP contribution in [0.4, 0.5) is 0 Å². The minimum atomic E-state index is -0.448. The third-order valence-electron chi connectivity index (χ3n) is 2.68. The van der Waals surface area contributed by atoms with E-state index >= 15 is 0 Å². The summed E-state index contributed by atoms with van der Waals surface area (Å²) in [5, 5.41) is 9.89. The molecule has 1 aliphatic carbocycles. The van der Waals surface area contributed by atoms with Gasteiger partial charge in [0.25, 0.3) is 0 Å². The fraction of sp³-hybridized carbons (Fsp3) is 0.538. The molecule has 0 bridgehead atoms. The second-order valence-electron chi connectivity index (χ2n) is 4.68. The van der Waals surface area contributed by atoms with E-state index in [1.807, 2.05) is 38.1 Å². The minimum Gasteiger partial charge on any atom is -0.491 e. The molecule has 1 N–H and O–H groups in total. The Labute approximate surface area is 90.9 Å². The van der Waals surface area contributed by atoms with Crippen molar-refractivity contribution in [2.45, 2.75) is 44.8 Å². The molecule has 0 spiro atoms. The molecule has 2 nitrogen and oxygen atoms in total. The van der Waals surface area contributed by atoms with E-state index in [0.717, 1.165) is 30.6 Å². The van der Waals surface area contributed by atoms with Gasteiger partial charge in [-0.1, -0.05) is 18.2 Å². The Kier molecular flexibility index (Phi) is 2.70. The summed E-state index contributed by atoms with van der Waals surface area (Å²) < 4.78 is 5.71.